The Hall–Kier alpha value is -1.90. The Bertz CT molecular complexity index is 487. The van der Waals surface area contributed by atoms with E-state index >= 15 is 0 Å². The Labute approximate surface area is 108 Å². The van der Waals surface area contributed by atoms with Gasteiger partial charge in [0.15, 0.2) is 0 Å². The van der Waals surface area contributed by atoms with Gasteiger partial charge in [0.1, 0.15) is 17.3 Å². The van der Waals surface area contributed by atoms with Gasteiger partial charge in [0.05, 0.1) is 12.6 Å². The molecule has 0 amide bonds. The summed E-state index contributed by atoms with van der Waals surface area (Å²) in [6.45, 7) is 6.70. The van der Waals surface area contributed by atoms with Crippen molar-refractivity contribution in [3.8, 4) is 5.75 Å². The summed E-state index contributed by atoms with van der Waals surface area (Å²) >= 11 is 0. The van der Waals surface area contributed by atoms with Crippen LogP contribution < -0.4 is 10.1 Å². The molecule has 1 atom stereocenters. The smallest absolute Gasteiger partial charge is 0.126 e. The fourth-order valence-corrected chi connectivity index (χ4v) is 1.82. The van der Waals surface area contributed by atoms with Gasteiger partial charge in [-0.3, -0.25) is 0 Å². The lowest BCUT2D eigenvalue weighted by atomic mass is 10.2. The highest BCUT2D eigenvalue weighted by Crippen LogP contribution is 2.22. The third-order valence-corrected chi connectivity index (χ3v) is 2.74. The lowest BCUT2D eigenvalue weighted by Crippen LogP contribution is -2.05. The van der Waals surface area contributed by atoms with Crippen molar-refractivity contribution >= 4 is 5.69 Å². The minimum Gasteiger partial charge on any atom is -0.494 e. The van der Waals surface area contributed by atoms with Crippen LogP contribution in [0.25, 0.3) is 0 Å². The lowest BCUT2D eigenvalue weighted by Gasteiger charge is -2.13. The molecule has 18 heavy (non-hydrogen) atoms. The summed E-state index contributed by atoms with van der Waals surface area (Å²) in [5.74, 6) is 2.77. The molecule has 1 aromatic heterocycles. The minimum absolute atomic E-state index is 0.150. The number of nitrogens with one attached hydrogen (secondary N) is 1. The van der Waals surface area contributed by atoms with E-state index in [-0.39, 0.29) is 6.04 Å². The molecule has 1 heterocycles. The molecule has 1 N–H and O–H groups in total. The molecule has 2 rings (SSSR count). The Morgan fingerprint density at radius 3 is 2.44 bits per heavy atom. The highest BCUT2D eigenvalue weighted by atomic mass is 16.5. The van der Waals surface area contributed by atoms with E-state index in [9.17, 15) is 0 Å². The number of hydrogen-bond acceptors (Lipinski definition) is 3. The van der Waals surface area contributed by atoms with Gasteiger partial charge in [-0.25, -0.2) is 0 Å². The van der Waals surface area contributed by atoms with E-state index in [1.165, 1.54) is 0 Å². The van der Waals surface area contributed by atoms with Crippen LogP contribution in [0.15, 0.2) is 40.8 Å². The summed E-state index contributed by atoms with van der Waals surface area (Å²) in [5.41, 5.74) is 1.06. The second-order valence-corrected chi connectivity index (χ2v) is 4.27. The molecule has 0 radical (unpaired) electrons. The van der Waals surface area contributed by atoms with Crippen LogP contribution in [0.2, 0.25) is 0 Å². The fraction of sp³-hybridized carbons (Fsp3) is 0.333. The zero-order valence-electron chi connectivity index (χ0n) is 11.1. The molecule has 0 spiro atoms. The van der Waals surface area contributed by atoms with Crippen LogP contribution in [0.5, 0.6) is 5.75 Å². The number of rotatable bonds is 5. The fourth-order valence-electron chi connectivity index (χ4n) is 1.82. The number of benzene rings is 1. The normalized spacial score (nSPS) is 12.2. The van der Waals surface area contributed by atoms with E-state index in [0.717, 1.165) is 23.0 Å². The van der Waals surface area contributed by atoms with Crippen molar-refractivity contribution in [2.75, 3.05) is 11.9 Å². The van der Waals surface area contributed by atoms with Gasteiger partial charge in [-0.05, 0) is 57.2 Å². The van der Waals surface area contributed by atoms with Crippen LogP contribution in [0, 0.1) is 6.92 Å². The number of anilines is 1. The first-order valence-electron chi connectivity index (χ1n) is 6.24. The molecule has 0 aliphatic heterocycles. The second kappa shape index (κ2) is 5.63. The predicted octanol–water partition coefficient (Wildman–Crippen LogP) is 4.16. The van der Waals surface area contributed by atoms with E-state index in [1.54, 1.807) is 0 Å². The van der Waals surface area contributed by atoms with Crippen LogP contribution in [-0.2, 0) is 0 Å². The van der Waals surface area contributed by atoms with Crippen LogP contribution in [0.1, 0.15) is 31.4 Å². The molecular formula is C15H19NO2. The van der Waals surface area contributed by atoms with Crippen LogP contribution >= 0.6 is 0 Å². The van der Waals surface area contributed by atoms with Crippen molar-refractivity contribution in [3.63, 3.8) is 0 Å². The van der Waals surface area contributed by atoms with Gasteiger partial charge in [0.2, 0.25) is 0 Å². The topological polar surface area (TPSA) is 34.4 Å². The standard InChI is InChI=1S/C15H19NO2/c1-4-17-14-8-6-13(7-9-14)16-12(3)15-10-5-11(2)18-15/h5-10,12,16H,4H2,1-3H3. The maximum Gasteiger partial charge on any atom is 0.126 e. The maximum absolute atomic E-state index is 5.59. The Morgan fingerprint density at radius 1 is 1.17 bits per heavy atom. The van der Waals surface area contributed by atoms with Gasteiger partial charge in [-0.2, -0.15) is 0 Å². The third-order valence-electron chi connectivity index (χ3n) is 2.74. The van der Waals surface area contributed by atoms with Crippen LogP contribution in [0.4, 0.5) is 5.69 Å². The Kier molecular flexibility index (Phi) is 3.92. The summed E-state index contributed by atoms with van der Waals surface area (Å²) in [4.78, 5) is 0. The monoisotopic (exact) mass is 245 g/mol. The zero-order valence-corrected chi connectivity index (χ0v) is 11.1. The Balaban J connectivity index is 2.00. The van der Waals surface area contributed by atoms with Gasteiger partial charge in [0.25, 0.3) is 0 Å². The number of hydrogen-bond donors (Lipinski definition) is 1. The predicted molar refractivity (Wildman–Crippen MR) is 73.1 cm³/mol. The third kappa shape index (κ3) is 3.06. The van der Waals surface area contributed by atoms with Gasteiger partial charge >= 0.3 is 0 Å². The number of ether oxygens (including phenoxy) is 1. The minimum atomic E-state index is 0.150. The Morgan fingerprint density at radius 2 is 1.89 bits per heavy atom. The van der Waals surface area contributed by atoms with Crippen LogP contribution in [0.3, 0.4) is 0 Å². The largest absolute Gasteiger partial charge is 0.494 e. The van der Waals surface area contributed by atoms with Crippen molar-refractivity contribution in [1.29, 1.82) is 0 Å². The van der Waals surface area contributed by atoms with Crippen molar-refractivity contribution in [2.45, 2.75) is 26.8 Å². The van der Waals surface area contributed by atoms with E-state index in [4.69, 9.17) is 9.15 Å². The summed E-state index contributed by atoms with van der Waals surface area (Å²) < 4.78 is 11.0. The molecule has 0 bridgehead atoms. The van der Waals surface area contributed by atoms with Crippen molar-refractivity contribution in [1.82, 2.24) is 0 Å². The average molecular weight is 245 g/mol. The van der Waals surface area contributed by atoms with Crippen LogP contribution in [-0.4, -0.2) is 6.61 Å². The molecule has 0 aliphatic carbocycles. The van der Waals surface area contributed by atoms with Crippen molar-refractivity contribution in [3.05, 3.63) is 47.9 Å². The first kappa shape index (κ1) is 12.6. The number of furan rings is 1. The molecule has 3 heteroatoms. The van der Waals surface area contributed by atoms with Gasteiger partial charge in [-0.1, -0.05) is 0 Å². The summed E-state index contributed by atoms with van der Waals surface area (Å²) in [6.07, 6.45) is 0. The SMILES string of the molecule is CCOc1ccc(NC(C)c2ccc(C)o2)cc1. The van der Waals surface area contributed by atoms with Gasteiger partial charge in [-0.15, -0.1) is 0 Å². The van der Waals surface area contributed by atoms with E-state index in [1.807, 2.05) is 50.2 Å². The molecular weight excluding hydrogens is 226 g/mol. The quantitative estimate of drug-likeness (QED) is 0.858. The molecule has 1 unspecified atom stereocenters. The highest BCUT2D eigenvalue weighted by Gasteiger charge is 2.08. The molecule has 0 saturated carbocycles. The average Bonchev–Trinajstić information content (AvgIpc) is 2.79. The number of aryl methyl sites for hydroxylation is 1. The van der Waals surface area contributed by atoms with E-state index < -0.39 is 0 Å². The van der Waals surface area contributed by atoms with E-state index in [0.29, 0.717) is 6.61 Å². The molecule has 0 saturated heterocycles. The molecule has 2 aromatic rings. The molecule has 0 fully saturated rings. The van der Waals surface area contributed by atoms with Crippen molar-refractivity contribution in [2.24, 2.45) is 0 Å². The van der Waals surface area contributed by atoms with Gasteiger partial charge in [0, 0.05) is 5.69 Å². The summed E-state index contributed by atoms with van der Waals surface area (Å²) in [6, 6.07) is 12.1. The van der Waals surface area contributed by atoms with E-state index in [2.05, 4.69) is 12.2 Å². The van der Waals surface area contributed by atoms with Crippen molar-refractivity contribution < 1.29 is 9.15 Å². The first-order chi connectivity index (χ1) is 8.69. The lowest BCUT2D eigenvalue weighted by molar-refractivity contribution is 0.340. The maximum atomic E-state index is 5.59. The zero-order chi connectivity index (χ0) is 13.0. The van der Waals surface area contributed by atoms with Gasteiger partial charge < -0.3 is 14.5 Å². The summed E-state index contributed by atoms with van der Waals surface area (Å²) in [7, 11) is 0. The molecule has 1 aromatic carbocycles. The molecule has 0 aliphatic rings. The molecule has 3 nitrogen and oxygen atoms in total. The molecule has 96 valence electrons. The second-order valence-electron chi connectivity index (χ2n) is 4.27. The highest BCUT2D eigenvalue weighted by molar-refractivity contribution is 5.47. The first-order valence-corrected chi connectivity index (χ1v) is 6.24. The summed E-state index contributed by atoms with van der Waals surface area (Å²) in [5, 5.41) is 3.39.